The molecule has 0 spiro atoms. The van der Waals surface area contributed by atoms with Gasteiger partial charge in [0.15, 0.2) is 5.65 Å². The minimum absolute atomic E-state index is 0.290. The van der Waals surface area contributed by atoms with Gasteiger partial charge in [-0.2, -0.15) is 5.10 Å². The van der Waals surface area contributed by atoms with Crippen LogP contribution < -0.4 is 21.5 Å². The van der Waals surface area contributed by atoms with Gasteiger partial charge in [0, 0.05) is 43.3 Å². The highest BCUT2D eigenvalue weighted by Crippen LogP contribution is 2.42. The number of fused-ring (bicyclic) bond motifs is 2. The number of hydrogen-bond acceptors (Lipinski definition) is 9. The molecule has 2 aromatic heterocycles. The molecule has 1 atom stereocenters. The zero-order chi connectivity index (χ0) is 27.4. The SMILES string of the molecule is Cc1cccc2c1NC(N)(c1ccc(-c3nn(C4CCC(N5CCN(C)CC5)CC4)c4ncnc(N)c34)cc1)O2. The molecule has 2 fully saturated rings. The lowest BCUT2D eigenvalue weighted by molar-refractivity contribution is 0.0815. The molecule has 1 saturated carbocycles. The first-order valence-electron chi connectivity index (χ1n) is 14.3. The van der Waals surface area contributed by atoms with Crippen LogP contribution in [0.15, 0.2) is 48.8 Å². The lowest BCUT2D eigenvalue weighted by Gasteiger charge is -2.41. The summed E-state index contributed by atoms with van der Waals surface area (Å²) in [6.45, 7) is 6.68. The number of nitrogen functional groups attached to an aromatic ring is 1. The molecule has 4 heterocycles. The number of anilines is 2. The molecule has 0 amide bonds. The maximum Gasteiger partial charge on any atom is 0.263 e. The minimum atomic E-state index is -1.14. The van der Waals surface area contributed by atoms with Gasteiger partial charge >= 0.3 is 0 Å². The van der Waals surface area contributed by atoms with Crippen molar-refractivity contribution in [2.75, 3.05) is 44.3 Å². The van der Waals surface area contributed by atoms with Crippen LogP contribution >= 0.6 is 0 Å². The predicted octanol–water partition coefficient (Wildman–Crippen LogP) is 3.69. The Kier molecular flexibility index (Phi) is 6.14. The summed E-state index contributed by atoms with van der Waals surface area (Å²) >= 11 is 0. The van der Waals surface area contributed by atoms with E-state index in [0.717, 1.165) is 83.9 Å². The first kappa shape index (κ1) is 25.3. The third-order valence-electron chi connectivity index (χ3n) is 8.99. The molecule has 10 heteroatoms. The highest BCUT2D eigenvalue weighted by molar-refractivity contribution is 5.98. The van der Waals surface area contributed by atoms with E-state index in [9.17, 15) is 0 Å². The number of ether oxygens (including phenoxy) is 1. The highest BCUT2D eigenvalue weighted by Gasteiger charge is 2.38. The van der Waals surface area contributed by atoms with Crippen LogP contribution in [0.2, 0.25) is 0 Å². The lowest BCUT2D eigenvalue weighted by Crippen LogP contribution is -2.49. The fourth-order valence-corrected chi connectivity index (χ4v) is 6.58. The van der Waals surface area contributed by atoms with Gasteiger partial charge in [-0.15, -0.1) is 0 Å². The third-order valence-corrected chi connectivity index (χ3v) is 8.99. The number of hydrogen-bond donors (Lipinski definition) is 3. The molecule has 1 unspecified atom stereocenters. The largest absolute Gasteiger partial charge is 0.448 e. The summed E-state index contributed by atoms with van der Waals surface area (Å²) in [4.78, 5) is 14.0. The quantitative estimate of drug-likeness (QED) is 0.356. The van der Waals surface area contributed by atoms with Gasteiger partial charge in [-0.25, -0.2) is 14.6 Å². The number of aryl methyl sites for hydroxylation is 1. The molecule has 5 N–H and O–H groups in total. The zero-order valence-corrected chi connectivity index (χ0v) is 23.2. The van der Waals surface area contributed by atoms with E-state index in [1.54, 1.807) is 6.33 Å². The minimum Gasteiger partial charge on any atom is -0.448 e. The molecule has 10 nitrogen and oxygen atoms in total. The van der Waals surface area contributed by atoms with Crippen molar-refractivity contribution in [2.24, 2.45) is 5.73 Å². The van der Waals surface area contributed by atoms with Gasteiger partial charge in [0.2, 0.25) is 0 Å². The van der Waals surface area contributed by atoms with Gasteiger partial charge in [0.1, 0.15) is 23.6 Å². The fraction of sp³-hybridized carbons (Fsp3) is 0.433. The van der Waals surface area contributed by atoms with Gasteiger partial charge in [0.25, 0.3) is 5.85 Å². The third kappa shape index (κ3) is 4.27. The Labute approximate surface area is 234 Å². The van der Waals surface area contributed by atoms with Crippen molar-refractivity contribution in [1.29, 1.82) is 0 Å². The predicted molar refractivity (Wildman–Crippen MR) is 157 cm³/mol. The van der Waals surface area contributed by atoms with Crippen molar-refractivity contribution < 1.29 is 4.74 Å². The van der Waals surface area contributed by atoms with Crippen molar-refractivity contribution in [1.82, 2.24) is 29.5 Å². The Morgan fingerprint density at radius 2 is 1.68 bits per heavy atom. The average molecular weight is 540 g/mol. The van der Waals surface area contributed by atoms with Crippen LogP contribution in [0.25, 0.3) is 22.3 Å². The molecule has 7 rings (SSSR count). The molecule has 1 aliphatic carbocycles. The van der Waals surface area contributed by atoms with E-state index in [-0.39, 0.29) is 0 Å². The number of nitrogens with one attached hydrogen (secondary N) is 1. The lowest BCUT2D eigenvalue weighted by atomic mass is 9.90. The Hall–Kier alpha value is -3.73. The van der Waals surface area contributed by atoms with Crippen LogP contribution in [0.1, 0.15) is 42.9 Å². The van der Waals surface area contributed by atoms with E-state index >= 15 is 0 Å². The first-order valence-corrected chi connectivity index (χ1v) is 14.3. The van der Waals surface area contributed by atoms with Crippen LogP contribution in [0.4, 0.5) is 11.5 Å². The molecule has 0 radical (unpaired) electrons. The van der Waals surface area contributed by atoms with Gasteiger partial charge in [-0.05, 0) is 51.3 Å². The standard InChI is InChI=1S/C30H37N9O/c1-19-4-3-5-24-26(19)35-30(32,40-24)21-8-6-20(7-9-21)27-25-28(31)33-18-34-29(25)39(36-27)23-12-10-22(11-13-23)38-16-14-37(2)15-17-38/h3-9,18,22-23,35H,10-17,32H2,1-2H3,(H2,31,33,34). The Balaban J connectivity index is 1.15. The van der Waals surface area contributed by atoms with Gasteiger partial charge in [-0.1, -0.05) is 36.4 Å². The van der Waals surface area contributed by atoms with E-state index in [4.69, 9.17) is 21.3 Å². The van der Waals surface area contributed by atoms with Crippen LogP contribution in [-0.4, -0.2) is 68.8 Å². The van der Waals surface area contributed by atoms with Crippen molar-refractivity contribution in [3.8, 4) is 17.0 Å². The number of nitrogens with zero attached hydrogens (tertiary/aromatic N) is 6. The molecular weight excluding hydrogens is 502 g/mol. The van der Waals surface area contributed by atoms with Crippen molar-refractivity contribution in [2.45, 2.75) is 50.5 Å². The van der Waals surface area contributed by atoms with E-state index < -0.39 is 5.85 Å². The van der Waals surface area contributed by atoms with Gasteiger partial charge in [0.05, 0.1) is 17.1 Å². The van der Waals surface area contributed by atoms with E-state index in [2.05, 4.69) is 36.8 Å². The molecular formula is C30H37N9O. The normalized spacial score (nSPS) is 25.5. The summed E-state index contributed by atoms with van der Waals surface area (Å²) in [5.41, 5.74) is 18.5. The van der Waals surface area contributed by atoms with E-state index in [1.165, 1.54) is 12.8 Å². The average Bonchev–Trinajstić information content (AvgIpc) is 3.54. The molecule has 40 heavy (non-hydrogen) atoms. The number of piperazine rings is 1. The Morgan fingerprint density at radius 1 is 0.950 bits per heavy atom. The van der Waals surface area contributed by atoms with E-state index in [1.807, 2.05) is 49.4 Å². The van der Waals surface area contributed by atoms with Crippen LogP contribution in [0, 0.1) is 6.92 Å². The van der Waals surface area contributed by atoms with Crippen LogP contribution in [0.5, 0.6) is 5.75 Å². The van der Waals surface area contributed by atoms with Crippen molar-refractivity contribution in [3.05, 3.63) is 59.9 Å². The van der Waals surface area contributed by atoms with Gasteiger partial charge in [-0.3, -0.25) is 10.6 Å². The molecule has 4 aromatic rings. The first-order chi connectivity index (χ1) is 19.4. The zero-order valence-electron chi connectivity index (χ0n) is 23.2. The van der Waals surface area contributed by atoms with Crippen LogP contribution in [0.3, 0.4) is 0 Å². The van der Waals surface area contributed by atoms with Crippen molar-refractivity contribution in [3.63, 3.8) is 0 Å². The second kappa shape index (κ2) is 9.72. The number of aromatic nitrogens is 4. The second-order valence-electron chi connectivity index (χ2n) is 11.5. The molecule has 0 bridgehead atoms. The fourth-order valence-electron chi connectivity index (χ4n) is 6.58. The Morgan fingerprint density at radius 3 is 2.40 bits per heavy atom. The molecule has 208 valence electrons. The number of likely N-dealkylation sites (N-methyl/N-ethyl adjacent to an activating group) is 1. The number of rotatable bonds is 4. The topological polar surface area (TPSA) is 123 Å². The molecule has 3 aliphatic rings. The number of para-hydroxylation sites is 1. The van der Waals surface area contributed by atoms with E-state index in [0.29, 0.717) is 17.9 Å². The summed E-state index contributed by atoms with van der Waals surface area (Å²) in [7, 11) is 2.21. The summed E-state index contributed by atoms with van der Waals surface area (Å²) in [6, 6.07) is 14.9. The van der Waals surface area contributed by atoms with Gasteiger partial charge < -0.3 is 20.7 Å². The molecule has 2 aliphatic heterocycles. The summed E-state index contributed by atoms with van der Waals surface area (Å²) in [6.07, 6.45) is 6.05. The molecule has 2 aromatic carbocycles. The Bertz CT molecular complexity index is 1540. The summed E-state index contributed by atoms with van der Waals surface area (Å²) in [5.74, 6) is 0.0610. The smallest absolute Gasteiger partial charge is 0.263 e. The van der Waals surface area contributed by atoms with Crippen molar-refractivity contribution >= 4 is 22.5 Å². The number of nitrogens with two attached hydrogens (primary N) is 2. The monoisotopic (exact) mass is 539 g/mol. The maximum absolute atomic E-state index is 6.68. The summed E-state index contributed by atoms with van der Waals surface area (Å²) < 4.78 is 8.24. The highest BCUT2D eigenvalue weighted by atomic mass is 16.5. The number of benzene rings is 2. The van der Waals surface area contributed by atoms with Crippen LogP contribution in [-0.2, 0) is 5.85 Å². The maximum atomic E-state index is 6.68. The second-order valence-corrected chi connectivity index (χ2v) is 11.5. The summed E-state index contributed by atoms with van der Waals surface area (Å²) in [5, 5.41) is 9.28. The molecule has 1 saturated heterocycles.